The lowest BCUT2D eigenvalue weighted by Crippen LogP contribution is -2.29. The second-order valence-electron chi connectivity index (χ2n) is 4.11. The number of carbonyl (C=O) groups excluding carboxylic acids is 1. The van der Waals surface area contributed by atoms with Gasteiger partial charge < -0.3 is 5.73 Å². The first-order valence-electron chi connectivity index (χ1n) is 5.45. The Morgan fingerprint density at radius 2 is 2.19 bits per heavy atom. The summed E-state index contributed by atoms with van der Waals surface area (Å²) in [6.45, 7) is 0.731. The maximum absolute atomic E-state index is 11.8. The fourth-order valence-corrected chi connectivity index (χ4v) is 2.42. The molecule has 0 bridgehead atoms. The molecule has 0 spiro atoms. The Balaban J connectivity index is 1.82. The van der Waals surface area contributed by atoms with Gasteiger partial charge in [0, 0.05) is 17.5 Å². The number of anilines is 1. The Morgan fingerprint density at radius 3 is 2.75 bits per heavy atom. The highest BCUT2D eigenvalue weighted by Crippen LogP contribution is 2.28. The number of nitrogens with one attached hydrogen (secondary N) is 1. The van der Waals surface area contributed by atoms with Crippen molar-refractivity contribution in [2.75, 3.05) is 11.9 Å². The van der Waals surface area contributed by atoms with Gasteiger partial charge >= 0.3 is 0 Å². The van der Waals surface area contributed by atoms with E-state index in [1.54, 1.807) is 0 Å². The van der Waals surface area contributed by atoms with Crippen molar-refractivity contribution in [3.8, 4) is 0 Å². The maximum atomic E-state index is 11.8. The molecular formula is C9H15N5OS. The topological polar surface area (TPSA) is 93.8 Å². The standard InChI is InChI=1S/C9H15N5OS/c10-5-6-1-3-7(4-2-6)8(15)11-9-12-13-14-16-9/h6-7H,1-5,10H2,(H,11,12,14,15). The minimum Gasteiger partial charge on any atom is -0.330 e. The molecule has 88 valence electrons. The van der Waals surface area contributed by atoms with Gasteiger partial charge in [0.2, 0.25) is 11.0 Å². The van der Waals surface area contributed by atoms with Crippen LogP contribution in [0.5, 0.6) is 0 Å². The molecule has 16 heavy (non-hydrogen) atoms. The van der Waals surface area contributed by atoms with Gasteiger partial charge in [-0.15, -0.1) is 0 Å². The lowest BCUT2D eigenvalue weighted by Gasteiger charge is -2.26. The summed E-state index contributed by atoms with van der Waals surface area (Å²) in [4.78, 5) is 11.8. The van der Waals surface area contributed by atoms with Gasteiger partial charge in [-0.25, -0.2) is 0 Å². The zero-order valence-electron chi connectivity index (χ0n) is 8.93. The van der Waals surface area contributed by atoms with E-state index in [0.29, 0.717) is 11.0 Å². The molecule has 1 aliphatic rings. The van der Waals surface area contributed by atoms with E-state index in [1.807, 2.05) is 0 Å². The molecule has 1 aromatic heterocycles. The van der Waals surface area contributed by atoms with E-state index < -0.39 is 0 Å². The van der Waals surface area contributed by atoms with E-state index in [4.69, 9.17) is 5.73 Å². The summed E-state index contributed by atoms with van der Waals surface area (Å²) < 4.78 is 3.59. The van der Waals surface area contributed by atoms with Crippen LogP contribution in [0.4, 0.5) is 5.13 Å². The summed E-state index contributed by atoms with van der Waals surface area (Å²) in [6, 6.07) is 0. The summed E-state index contributed by atoms with van der Waals surface area (Å²) in [7, 11) is 0. The molecule has 0 aromatic carbocycles. The highest BCUT2D eigenvalue weighted by molar-refractivity contribution is 7.09. The van der Waals surface area contributed by atoms with Gasteiger partial charge in [-0.05, 0) is 43.4 Å². The predicted molar refractivity (Wildman–Crippen MR) is 60.8 cm³/mol. The molecule has 7 heteroatoms. The normalized spacial score (nSPS) is 25.3. The third-order valence-corrected chi connectivity index (χ3v) is 3.59. The van der Waals surface area contributed by atoms with Gasteiger partial charge in [0.25, 0.3) is 0 Å². The molecule has 0 aliphatic heterocycles. The molecule has 1 amide bonds. The molecule has 2 rings (SSSR count). The Morgan fingerprint density at radius 1 is 1.44 bits per heavy atom. The van der Waals surface area contributed by atoms with Gasteiger partial charge in [0.15, 0.2) is 0 Å². The monoisotopic (exact) mass is 241 g/mol. The first-order valence-corrected chi connectivity index (χ1v) is 6.23. The van der Waals surface area contributed by atoms with Gasteiger partial charge in [-0.3, -0.25) is 10.1 Å². The maximum Gasteiger partial charge on any atom is 0.231 e. The predicted octanol–water partition coefficient (Wildman–Crippen LogP) is 0.637. The van der Waals surface area contributed by atoms with Crippen molar-refractivity contribution in [2.24, 2.45) is 17.6 Å². The van der Waals surface area contributed by atoms with Gasteiger partial charge in [-0.1, -0.05) is 9.59 Å². The number of nitrogens with zero attached hydrogens (tertiary/aromatic N) is 3. The van der Waals surface area contributed by atoms with Crippen LogP contribution in [0, 0.1) is 11.8 Å². The molecule has 1 fully saturated rings. The van der Waals surface area contributed by atoms with E-state index in [2.05, 4.69) is 20.1 Å². The molecule has 0 saturated heterocycles. The Kier molecular flexibility index (Phi) is 3.79. The minimum atomic E-state index is 0.0361. The number of nitrogens with two attached hydrogens (primary N) is 1. The number of rotatable bonds is 3. The fraction of sp³-hybridized carbons (Fsp3) is 0.778. The van der Waals surface area contributed by atoms with Crippen LogP contribution in [0.15, 0.2) is 0 Å². The summed E-state index contributed by atoms with van der Waals surface area (Å²) in [5.41, 5.74) is 5.61. The smallest absolute Gasteiger partial charge is 0.231 e. The van der Waals surface area contributed by atoms with Crippen molar-refractivity contribution in [3.63, 3.8) is 0 Å². The molecule has 6 nitrogen and oxygen atoms in total. The summed E-state index contributed by atoms with van der Waals surface area (Å²) in [6.07, 6.45) is 3.92. The van der Waals surface area contributed by atoms with Gasteiger partial charge in [-0.2, -0.15) is 0 Å². The number of amides is 1. The second kappa shape index (κ2) is 5.31. The molecule has 3 N–H and O–H groups in total. The molecule has 1 heterocycles. The highest BCUT2D eigenvalue weighted by atomic mass is 32.1. The van der Waals surface area contributed by atoms with E-state index in [1.165, 1.54) is 0 Å². The number of hydrogen-bond acceptors (Lipinski definition) is 6. The number of aromatic nitrogens is 3. The SMILES string of the molecule is NCC1CCC(C(=O)Nc2nnns2)CC1. The van der Waals surface area contributed by atoms with Crippen LogP contribution in [0.2, 0.25) is 0 Å². The van der Waals surface area contributed by atoms with Crippen molar-refractivity contribution in [1.82, 2.24) is 14.8 Å². The lowest BCUT2D eigenvalue weighted by molar-refractivity contribution is -0.121. The average Bonchev–Trinajstić information content (AvgIpc) is 2.82. The van der Waals surface area contributed by atoms with Crippen LogP contribution < -0.4 is 11.1 Å². The summed E-state index contributed by atoms with van der Waals surface area (Å²) in [5, 5.41) is 10.3. The van der Waals surface area contributed by atoms with E-state index >= 15 is 0 Å². The second-order valence-corrected chi connectivity index (χ2v) is 4.84. The van der Waals surface area contributed by atoms with Crippen LogP contribution in [-0.4, -0.2) is 27.3 Å². The first kappa shape index (κ1) is 11.4. The summed E-state index contributed by atoms with van der Waals surface area (Å²) in [5.74, 6) is 0.716. The van der Waals surface area contributed by atoms with Crippen molar-refractivity contribution in [3.05, 3.63) is 0 Å². The molecule has 1 aromatic rings. The lowest BCUT2D eigenvalue weighted by atomic mass is 9.82. The zero-order valence-corrected chi connectivity index (χ0v) is 9.74. The summed E-state index contributed by atoms with van der Waals surface area (Å²) >= 11 is 1.10. The Labute approximate surface area is 97.8 Å². The van der Waals surface area contributed by atoms with Crippen molar-refractivity contribution < 1.29 is 4.79 Å². The largest absolute Gasteiger partial charge is 0.330 e. The van der Waals surface area contributed by atoms with Crippen molar-refractivity contribution in [2.45, 2.75) is 25.7 Å². The van der Waals surface area contributed by atoms with E-state index in [-0.39, 0.29) is 11.8 Å². The quantitative estimate of drug-likeness (QED) is 0.809. The van der Waals surface area contributed by atoms with E-state index in [9.17, 15) is 4.79 Å². The van der Waals surface area contributed by atoms with Crippen molar-refractivity contribution >= 4 is 22.6 Å². The Hall–Kier alpha value is -1.08. The molecular weight excluding hydrogens is 226 g/mol. The average molecular weight is 241 g/mol. The van der Waals surface area contributed by atoms with Gasteiger partial charge in [0.05, 0.1) is 0 Å². The Bertz CT molecular complexity index is 334. The molecule has 0 unspecified atom stereocenters. The third kappa shape index (κ3) is 2.73. The van der Waals surface area contributed by atoms with Crippen molar-refractivity contribution in [1.29, 1.82) is 0 Å². The number of hydrogen-bond donors (Lipinski definition) is 2. The molecule has 0 radical (unpaired) electrons. The minimum absolute atomic E-state index is 0.0361. The van der Waals surface area contributed by atoms with Crippen LogP contribution in [-0.2, 0) is 4.79 Å². The van der Waals surface area contributed by atoms with E-state index in [0.717, 1.165) is 43.8 Å². The van der Waals surface area contributed by atoms with Crippen LogP contribution >= 0.6 is 11.5 Å². The third-order valence-electron chi connectivity index (χ3n) is 3.08. The molecule has 1 aliphatic carbocycles. The molecule has 1 saturated carbocycles. The van der Waals surface area contributed by atoms with Crippen LogP contribution in [0.1, 0.15) is 25.7 Å². The van der Waals surface area contributed by atoms with Crippen LogP contribution in [0.25, 0.3) is 0 Å². The van der Waals surface area contributed by atoms with Gasteiger partial charge in [0.1, 0.15) is 0 Å². The first-order chi connectivity index (χ1) is 7.79. The zero-order chi connectivity index (χ0) is 11.4. The number of carbonyl (C=O) groups is 1. The highest BCUT2D eigenvalue weighted by Gasteiger charge is 2.26. The molecule has 0 atom stereocenters. The van der Waals surface area contributed by atoms with Crippen LogP contribution in [0.3, 0.4) is 0 Å². The fourth-order valence-electron chi connectivity index (χ4n) is 2.05.